The molecule has 146 valence electrons. The van der Waals surface area contributed by atoms with Gasteiger partial charge in [0.05, 0.1) is 12.2 Å². The highest BCUT2D eigenvalue weighted by atomic mass is 16.5. The number of nitrogens with one attached hydrogen (secondary N) is 1. The third kappa shape index (κ3) is 3.90. The number of hydrogen-bond acceptors (Lipinski definition) is 5. The summed E-state index contributed by atoms with van der Waals surface area (Å²) in [6, 6.07) is 7.57. The first-order valence-corrected chi connectivity index (χ1v) is 9.58. The van der Waals surface area contributed by atoms with Crippen LogP contribution in [0, 0.1) is 0 Å². The second-order valence-electron chi connectivity index (χ2n) is 7.38. The summed E-state index contributed by atoms with van der Waals surface area (Å²) in [4.78, 5) is 23.1. The monoisotopic (exact) mass is 380 g/mol. The molecule has 1 aromatic carbocycles. The van der Waals surface area contributed by atoms with Gasteiger partial charge in [-0.2, -0.15) is 4.98 Å². The topological polar surface area (TPSA) is 89.1 Å². The maximum Gasteiger partial charge on any atom is 0.321 e. The van der Waals surface area contributed by atoms with Crippen LogP contribution < -0.4 is 5.32 Å². The van der Waals surface area contributed by atoms with Crippen molar-refractivity contribution in [3.05, 3.63) is 54.7 Å². The van der Waals surface area contributed by atoms with E-state index < -0.39 is 0 Å². The van der Waals surface area contributed by atoms with Gasteiger partial charge in [0.1, 0.15) is 0 Å². The average Bonchev–Trinajstić information content (AvgIpc) is 3.41. The number of rotatable bonds is 4. The number of urea groups is 1. The molecule has 1 saturated heterocycles. The molecule has 3 heterocycles. The van der Waals surface area contributed by atoms with Crippen LogP contribution in [0.3, 0.4) is 0 Å². The van der Waals surface area contributed by atoms with Gasteiger partial charge in [0.25, 0.3) is 0 Å². The highest BCUT2D eigenvalue weighted by molar-refractivity contribution is 5.89. The smallest absolute Gasteiger partial charge is 0.321 e. The predicted octanol–water partition coefficient (Wildman–Crippen LogP) is 3.79. The lowest BCUT2D eigenvalue weighted by atomic mass is 9.98. The van der Waals surface area contributed by atoms with E-state index in [2.05, 4.69) is 20.4 Å². The Hall–Kier alpha value is -3.16. The summed E-state index contributed by atoms with van der Waals surface area (Å²) >= 11 is 0. The van der Waals surface area contributed by atoms with Crippen molar-refractivity contribution in [3.8, 4) is 5.69 Å². The summed E-state index contributed by atoms with van der Waals surface area (Å²) in [5.74, 6) is 1.66. The van der Waals surface area contributed by atoms with Gasteiger partial charge in [0, 0.05) is 42.8 Å². The van der Waals surface area contributed by atoms with Crippen LogP contribution in [0.2, 0.25) is 0 Å². The van der Waals surface area contributed by atoms with Gasteiger partial charge in [0.15, 0.2) is 5.82 Å². The predicted molar refractivity (Wildman–Crippen MR) is 105 cm³/mol. The van der Waals surface area contributed by atoms with Crippen LogP contribution in [-0.2, 0) is 0 Å². The summed E-state index contributed by atoms with van der Waals surface area (Å²) in [6.45, 7) is 5.37. The number of piperidine rings is 1. The fourth-order valence-corrected chi connectivity index (χ4v) is 3.34. The fraction of sp³-hybridized carbons (Fsp3) is 0.400. The van der Waals surface area contributed by atoms with Crippen LogP contribution in [-0.4, -0.2) is 43.7 Å². The number of anilines is 1. The van der Waals surface area contributed by atoms with E-state index in [1.54, 1.807) is 12.5 Å². The second kappa shape index (κ2) is 7.84. The molecule has 0 saturated carbocycles. The van der Waals surface area contributed by atoms with Crippen LogP contribution in [0.4, 0.5) is 10.5 Å². The lowest BCUT2D eigenvalue weighted by Crippen LogP contribution is -2.41. The van der Waals surface area contributed by atoms with Crippen LogP contribution in [0.15, 0.2) is 47.5 Å². The molecule has 0 bridgehead atoms. The van der Waals surface area contributed by atoms with Gasteiger partial charge < -0.3 is 19.3 Å². The van der Waals surface area contributed by atoms with E-state index in [0.717, 1.165) is 36.6 Å². The first-order valence-electron chi connectivity index (χ1n) is 9.58. The zero-order valence-corrected chi connectivity index (χ0v) is 16.1. The Balaban J connectivity index is 1.38. The zero-order valence-electron chi connectivity index (χ0n) is 16.1. The lowest BCUT2D eigenvalue weighted by molar-refractivity contribution is 0.184. The number of nitrogens with zero attached hydrogens (tertiary/aromatic N) is 5. The van der Waals surface area contributed by atoms with Crippen LogP contribution in [0.5, 0.6) is 0 Å². The molecule has 0 radical (unpaired) electrons. The molecule has 3 aromatic rings. The Labute approximate surface area is 163 Å². The van der Waals surface area contributed by atoms with E-state index in [9.17, 15) is 4.79 Å². The molecule has 8 nitrogen and oxygen atoms in total. The number of carbonyl (C=O) groups excluding carboxylic acids is 1. The molecule has 1 aliphatic heterocycles. The SMILES string of the molecule is CC(C)c1noc([C@H]2CCCN(C(=O)Nc3ccc(-n4ccnc4)cc3)C2)n1. The zero-order chi connectivity index (χ0) is 19.5. The summed E-state index contributed by atoms with van der Waals surface area (Å²) in [5, 5.41) is 7.02. The van der Waals surface area contributed by atoms with E-state index in [1.165, 1.54) is 0 Å². The molecule has 1 atom stereocenters. The van der Waals surface area contributed by atoms with Gasteiger partial charge >= 0.3 is 6.03 Å². The van der Waals surface area contributed by atoms with E-state index in [-0.39, 0.29) is 17.9 Å². The molecule has 1 aliphatic rings. The van der Waals surface area contributed by atoms with Crippen molar-refractivity contribution < 1.29 is 9.32 Å². The van der Waals surface area contributed by atoms with Crippen molar-refractivity contribution in [1.29, 1.82) is 0 Å². The average molecular weight is 380 g/mol. The summed E-state index contributed by atoms with van der Waals surface area (Å²) in [7, 11) is 0. The molecular weight excluding hydrogens is 356 g/mol. The normalized spacial score (nSPS) is 17.1. The van der Waals surface area contributed by atoms with Gasteiger partial charge in [-0.15, -0.1) is 0 Å². The third-order valence-electron chi connectivity index (χ3n) is 4.95. The van der Waals surface area contributed by atoms with E-state index in [1.807, 2.05) is 53.8 Å². The van der Waals surface area contributed by atoms with Crippen molar-refractivity contribution in [2.45, 2.75) is 38.5 Å². The maximum atomic E-state index is 12.7. The number of imidazole rings is 1. The molecule has 1 fully saturated rings. The largest absolute Gasteiger partial charge is 0.339 e. The van der Waals surface area contributed by atoms with Crippen molar-refractivity contribution >= 4 is 11.7 Å². The number of hydrogen-bond donors (Lipinski definition) is 1. The first-order chi connectivity index (χ1) is 13.6. The lowest BCUT2D eigenvalue weighted by Gasteiger charge is -2.31. The molecule has 8 heteroatoms. The third-order valence-corrected chi connectivity index (χ3v) is 4.95. The fourth-order valence-electron chi connectivity index (χ4n) is 3.34. The Morgan fingerprint density at radius 3 is 2.79 bits per heavy atom. The van der Waals surface area contributed by atoms with E-state index >= 15 is 0 Å². The number of benzene rings is 1. The quantitative estimate of drug-likeness (QED) is 0.744. The minimum absolute atomic E-state index is 0.0862. The summed E-state index contributed by atoms with van der Waals surface area (Å²) in [6.07, 6.45) is 7.21. The van der Waals surface area contributed by atoms with Gasteiger partial charge in [-0.3, -0.25) is 0 Å². The molecule has 1 N–H and O–H groups in total. The minimum Gasteiger partial charge on any atom is -0.339 e. The summed E-state index contributed by atoms with van der Waals surface area (Å²) in [5.41, 5.74) is 1.75. The molecule has 0 aliphatic carbocycles. The number of amides is 2. The van der Waals surface area contributed by atoms with Gasteiger partial charge in [-0.25, -0.2) is 9.78 Å². The standard InChI is InChI=1S/C20H24N6O2/c1-14(2)18-23-19(28-24-18)15-4-3-10-25(12-15)20(27)22-16-5-7-17(8-6-16)26-11-9-21-13-26/h5-9,11,13-15H,3-4,10,12H2,1-2H3,(H,22,27)/t15-/m0/s1. The van der Waals surface area contributed by atoms with E-state index in [0.29, 0.717) is 12.4 Å². The van der Waals surface area contributed by atoms with Crippen LogP contribution in [0.1, 0.15) is 50.2 Å². The molecule has 28 heavy (non-hydrogen) atoms. The highest BCUT2D eigenvalue weighted by Crippen LogP contribution is 2.27. The maximum absolute atomic E-state index is 12.7. The summed E-state index contributed by atoms with van der Waals surface area (Å²) < 4.78 is 7.35. The number of aromatic nitrogens is 4. The Bertz CT molecular complexity index is 917. The van der Waals surface area contributed by atoms with Crippen LogP contribution >= 0.6 is 0 Å². The van der Waals surface area contributed by atoms with Crippen molar-refractivity contribution in [1.82, 2.24) is 24.6 Å². The molecule has 4 rings (SSSR count). The first kappa shape index (κ1) is 18.2. The van der Waals surface area contributed by atoms with E-state index in [4.69, 9.17) is 4.52 Å². The van der Waals surface area contributed by atoms with Gasteiger partial charge in [-0.1, -0.05) is 19.0 Å². The molecule has 0 unspecified atom stereocenters. The van der Waals surface area contributed by atoms with Crippen molar-refractivity contribution in [2.24, 2.45) is 0 Å². The van der Waals surface area contributed by atoms with Crippen molar-refractivity contribution in [2.75, 3.05) is 18.4 Å². The van der Waals surface area contributed by atoms with Crippen LogP contribution in [0.25, 0.3) is 5.69 Å². The molecule has 2 amide bonds. The number of likely N-dealkylation sites (tertiary alicyclic amines) is 1. The highest BCUT2D eigenvalue weighted by Gasteiger charge is 2.29. The molecular formula is C20H24N6O2. The Morgan fingerprint density at radius 2 is 2.11 bits per heavy atom. The second-order valence-corrected chi connectivity index (χ2v) is 7.38. The molecule has 2 aromatic heterocycles. The minimum atomic E-state index is -0.108. The van der Waals surface area contributed by atoms with Gasteiger partial charge in [0.2, 0.25) is 5.89 Å². The number of carbonyl (C=O) groups is 1. The van der Waals surface area contributed by atoms with Gasteiger partial charge in [-0.05, 0) is 37.1 Å². The van der Waals surface area contributed by atoms with Crippen molar-refractivity contribution in [3.63, 3.8) is 0 Å². The Morgan fingerprint density at radius 1 is 1.29 bits per heavy atom. The molecule has 0 spiro atoms. The Kier molecular flexibility index (Phi) is 5.10.